The van der Waals surface area contributed by atoms with Gasteiger partial charge in [0.05, 0.1) is 6.10 Å². The van der Waals surface area contributed by atoms with Crippen molar-refractivity contribution < 1.29 is 4.74 Å². The van der Waals surface area contributed by atoms with Crippen LogP contribution in [0.15, 0.2) is 0 Å². The lowest BCUT2D eigenvalue weighted by Crippen LogP contribution is -2.14. The molecule has 0 aromatic rings. The molecule has 0 heterocycles. The fourth-order valence-electron chi connectivity index (χ4n) is 0.378. The van der Waals surface area contributed by atoms with Gasteiger partial charge in [-0.15, -0.1) is 0 Å². The van der Waals surface area contributed by atoms with Gasteiger partial charge in [0.15, 0.2) is 0 Å². The van der Waals surface area contributed by atoms with Crippen molar-refractivity contribution >= 4 is 0 Å². The van der Waals surface area contributed by atoms with Crippen molar-refractivity contribution in [3.63, 3.8) is 0 Å². The molecule has 0 aromatic heterocycles. The fraction of sp³-hybridized carbons (Fsp3) is 0.857. The maximum absolute atomic E-state index is 5.19. The summed E-state index contributed by atoms with van der Waals surface area (Å²) in [5.41, 5.74) is 0. The zero-order valence-corrected chi connectivity index (χ0v) is 5.98. The highest BCUT2D eigenvalue weighted by Gasteiger charge is 2.03. The molecule has 8 heavy (non-hydrogen) atoms. The summed E-state index contributed by atoms with van der Waals surface area (Å²) in [5.74, 6) is 0.608. The van der Waals surface area contributed by atoms with Gasteiger partial charge in [-0.2, -0.15) is 0 Å². The van der Waals surface area contributed by atoms with E-state index >= 15 is 0 Å². The van der Waals surface area contributed by atoms with Gasteiger partial charge in [0.25, 0.3) is 0 Å². The molecule has 0 N–H and O–H groups in total. The van der Waals surface area contributed by atoms with E-state index in [1.807, 2.05) is 0 Å². The largest absolute Gasteiger partial charge is 0.378 e. The Labute approximate surface area is 52.0 Å². The highest BCUT2D eigenvalue weighted by Crippen LogP contribution is 2.03. The van der Waals surface area contributed by atoms with E-state index in [0.717, 1.165) is 0 Å². The smallest absolute Gasteiger partial charge is 0.0569 e. The van der Waals surface area contributed by atoms with Crippen molar-refractivity contribution in [1.29, 1.82) is 0 Å². The van der Waals surface area contributed by atoms with E-state index in [2.05, 4.69) is 27.7 Å². The summed E-state index contributed by atoms with van der Waals surface area (Å²) in [6, 6.07) is 0. The molecule has 0 aliphatic rings. The molecule has 1 atom stereocenters. The monoisotopic (exact) mass is 115 g/mol. The summed E-state index contributed by atoms with van der Waals surface area (Å²) >= 11 is 0. The Morgan fingerprint density at radius 2 is 1.88 bits per heavy atom. The van der Waals surface area contributed by atoms with Crippen LogP contribution in [0, 0.1) is 12.8 Å². The van der Waals surface area contributed by atoms with Crippen LogP contribution >= 0.6 is 0 Å². The first kappa shape index (κ1) is 7.96. The molecule has 0 aliphatic carbocycles. The highest BCUT2D eigenvalue weighted by molar-refractivity contribution is 4.54. The van der Waals surface area contributed by atoms with Gasteiger partial charge in [0.2, 0.25) is 0 Å². The van der Waals surface area contributed by atoms with Crippen LogP contribution in [-0.4, -0.2) is 12.7 Å². The van der Waals surface area contributed by atoms with Gasteiger partial charge in [-0.25, -0.2) is 0 Å². The Balaban J connectivity index is 3.17. The second kappa shape index (κ2) is 3.90. The van der Waals surface area contributed by atoms with Crippen LogP contribution in [-0.2, 0) is 4.74 Å². The SMILES string of the molecule is [CH2]COC(C)C(C)C. The van der Waals surface area contributed by atoms with Crippen molar-refractivity contribution in [3.05, 3.63) is 6.92 Å². The van der Waals surface area contributed by atoms with Crippen LogP contribution in [0.4, 0.5) is 0 Å². The van der Waals surface area contributed by atoms with Gasteiger partial charge in [-0.3, -0.25) is 0 Å². The van der Waals surface area contributed by atoms with Gasteiger partial charge >= 0.3 is 0 Å². The van der Waals surface area contributed by atoms with Crippen molar-refractivity contribution in [2.45, 2.75) is 26.9 Å². The van der Waals surface area contributed by atoms with E-state index in [1.54, 1.807) is 0 Å². The first-order valence-corrected chi connectivity index (χ1v) is 3.09. The Morgan fingerprint density at radius 3 is 2.00 bits per heavy atom. The molecule has 1 unspecified atom stereocenters. The Kier molecular flexibility index (Phi) is 3.88. The lowest BCUT2D eigenvalue weighted by Gasteiger charge is -2.14. The molecule has 0 rings (SSSR count). The van der Waals surface area contributed by atoms with E-state index in [0.29, 0.717) is 18.6 Å². The molecule has 0 saturated heterocycles. The van der Waals surface area contributed by atoms with Gasteiger partial charge in [-0.05, 0) is 19.8 Å². The first-order valence-electron chi connectivity index (χ1n) is 3.09. The lowest BCUT2D eigenvalue weighted by atomic mass is 10.1. The third-order valence-electron chi connectivity index (χ3n) is 1.32. The second-order valence-electron chi connectivity index (χ2n) is 2.32. The van der Waals surface area contributed by atoms with Crippen molar-refractivity contribution in [2.75, 3.05) is 6.61 Å². The van der Waals surface area contributed by atoms with E-state index in [1.165, 1.54) is 0 Å². The fourth-order valence-corrected chi connectivity index (χ4v) is 0.378. The van der Waals surface area contributed by atoms with Crippen LogP contribution in [0.25, 0.3) is 0 Å². The molecule has 1 nitrogen and oxygen atoms in total. The molecule has 1 radical (unpaired) electrons. The predicted octanol–water partition coefficient (Wildman–Crippen LogP) is 1.88. The topological polar surface area (TPSA) is 9.23 Å². The van der Waals surface area contributed by atoms with Gasteiger partial charge in [-0.1, -0.05) is 13.8 Å². The summed E-state index contributed by atoms with van der Waals surface area (Å²) in [6.45, 7) is 10.5. The molecule has 49 valence electrons. The zero-order valence-electron chi connectivity index (χ0n) is 5.98. The molecule has 1 heteroatoms. The molecule has 0 amide bonds. The lowest BCUT2D eigenvalue weighted by molar-refractivity contribution is 0.0536. The quantitative estimate of drug-likeness (QED) is 0.545. The highest BCUT2D eigenvalue weighted by atomic mass is 16.5. The third kappa shape index (κ3) is 3.03. The molecule has 0 aromatic carbocycles. The van der Waals surface area contributed by atoms with Crippen molar-refractivity contribution in [3.8, 4) is 0 Å². The van der Waals surface area contributed by atoms with Gasteiger partial charge in [0, 0.05) is 6.61 Å². The summed E-state index contributed by atoms with van der Waals surface area (Å²) in [6.07, 6.45) is 0.354. The first-order chi connectivity index (χ1) is 3.68. The Bertz CT molecular complexity index is 50.3. The van der Waals surface area contributed by atoms with Crippen LogP contribution < -0.4 is 0 Å². The van der Waals surface area contributed by atoms with Crippen LogP contribution in [0.2, 0.25) is 0 Å². The second-order valence-corrected chi connectivity index (χ2v) is 2.32. The molecule has 0 spiro atoms. The molecule has 0 bridgehead atoms. The van der Waals surface area contributed by atoms with E-state index in [-0.39, 0.29) is 0 Å². The number of hydrogen-bond donors (Lipinski definition) is 0. The Hall–Kier alpha value is -0.0400. The maximum atomic E-state index is 5.19. The van der Waals surface area contributed by atoms with Gasteiger partial charge in [0.1, 0.15) is 0 Å². The number of hydrogen-bond acceptors (Lipinski definition) is 1. The predicted molar refractivity (Wildman–Crippen MR) is 35.6 cm³/mol. The normalized spacial score (nSPS) is 14.6. The van der Waals surface area contributed by atoms with E-state index in [4.69, 9.17) is 4.74 Å². The van der Waals surface area contributed by atoms with Crippen LogP contribution in [0.3, 0.4) is 0 Å². The van der Waals surface area contributed by atoms with Crippen molar-refractivity contribution in [2.24, 2.45) is 5.92 Å². The number of ether oxygens (including phenoxy) is 1. The standard InChI is InChI=1S/C7H15O/c1-5-8-7(4)6(2)3/h6-7H,1,5H2,2-4H3. The zero-order chi connectivity index (χ0) is 6.57. The summed E-state index contributed by atoms with van der Waals surface area (Å²) in [7, 11) is 0. The van der Waals surface area contributed by atoms with Crippen molar-refractivity contribution in [1.82, 2.24) is 0 Å². The molecule has 0 aliphatic heterocycles. The summed E-state index contributed by atoms with van der Waals surface area (Å²) in [5, 5.41) is 0. The minimum Gasteiger partial charge on any atom is -0.378 e. The third-order valence-corrected chi connectivity index (χ3v) is 1.32. The minimum atomic E-state index is 0.354. The molecule has 0 saturated carbocycles. The molecular weight excluding hydrogens is 100 g/mol. The number of rotatable bonds is 3. The summed E-state index contributed by atoms with van der Waals surface area (Å²) < 4.78 is 5.19. The van der Waals surface area contributed by atoms with E-state index in [9.17, 15) is 0 Å². The van der Waals surface area contributed by atoms with E-state index < -0.39 is 0 Å². The average molecular weight is 115 g/mol. The maximum Gasteiger partial charge on any atom is 0.0569 e. The Morgan fingerprint density at radius 1 is 1.38 bits per heavy atom. The molecular formula is C7H15O. The van der Waals surface area contributed by atoms with Crippen LogP contribution in [0.1, 0.15) is 20.8 Å². The van der Waals surface area contributed by atoms with Crippen LogP contribution in [0.5, 0.6) is 0 Å². The average Bonchev–Trinajstić information content (AvgIpc) is 1.67. The van der Waals surface area contributed by atoms with Gasteiger partial charge < -0.3 is 4.74 Å². The summed E-state index contributed by atoms with van der Waals surface area (Å²) in [4.78, 5) is 0. The molecule has 0 fully saturated rings. The minimum absolute atomic E-state index is 0.354.